The van der Waals surface area contributed by atoms with Crippen molar-refractivity contribution in [3.05, 3.63) is 22.2 Å². The second-order valence-corrected chi connectivity index (χ2v) is 8.23. The molecule has 0 saturated heterocycles. The van der Waals surface area contributed by atoms with Crippen LogP contribution in [0.2, 0.25) is 10.0 Å². The van der Waals surface area contributed by atoms with E-state index in [0.29, 0.717) is 17.6 Å². The molecule has 0 aromatic heterocycles. The Hall–Kier alpha value is -0.490. The van der Waals surface area contributed by atoms with Crippen LogP contribution in [0, 0.1) is 11.8 Å². The third kappa shape index (κ3) is 2.77. The molecule has 0 aliphatic heterocycles. The second kappa shape index (κ2) is 5.61. The molecule has 2 aliphatic carbocycles. The first-order valence-corrected chi connectivity index (χ1v) is 9.20. The monoisotopic (exact) mass is 349 g/mol. The van der Waals surface area contributed by atoms with Gasteiger partial charge in [-0.25, -0.2) is 13.1 Å². The van der Waals surface area contributed by atoms with Crippen molar-refractivity contribution in [2.75, 3.05) is 7.11 Å². The smallest absolute Gasteiger partial charge is 0.242 e. The molecular formula is C14H17Cl2NO3S. The fraction of sp³-hybridized carbons (Fsp3) is 0.571. The predicted molar refractivity (Wildman–Crippen MR) is 82.6 cm³/mol. The average molecular weight is 350 g/mol. The van der Waals surface area contributed by atoms with Gasteiger partial charge in [0.05, 0.1) is 12.1 Å². The first kappa shape index (κ1) is 15.4. The highest BCUT2D eigenvalue weighted by Crippen LogP contribution is 2.45. The molecule has 0 unspecified atom stereocenters. The zero-order chi connectivity index (χ0) is 15.2. The van der Waals surface area contributed by atoms with E-state index in [2.05, 4.69) is 4.72 Å². The molecule has 116 valence electrons. The Labute approximate surface area is 134 Å². The number of rotatable bonds is 4. The normalized spacial score (nSPS) is 28.0. The van der Waals surface area contributed by atoms with Crippen molar-refractivity contribution in [3.8, 4) is 5.75 Å². The topological polar surface area (TPSA) is 55.4 Å². The van der Waals surface area contributed by atoms with E-state index < -0.39 is 10.0 Å². The zero-order valence-electron chi connectivity index (χ0n) is 11.6. The highest BCUT2D eigenvalue weighted by molar-refractivity contribution is 7.89. The molecule has 1 N–H and O–H groups in total. The summed E-state index contributed by atoms with van der Waals surface area (Å²) in [4.78, 5) is 0.0118. The molecular weight excluding hydrogens is 333 g/mol. The lowest BCUT2D eigenvalue weighted by molar-refractivity contribution is 0.390. The van der Waals surface area contributed by atoms with Crippen molar-refractivity contribution in [2.45, 2.75) is 36.6 Å². The highest BCUT2D eigenvalue weighted by atomic mass is 35.5. The zero-order valence-corrected chi connectivity index (χ0v) is 13.9. The van der Waals surface area contributed by atoms with Crippen molar-refractivity contribution < 1.29 is 13.2 Å². The van der Waals surface area contributed by atoms with Gasteiger partial charge < -0.3 is 4.74 Å². The number of benzene rings is 1. The second-order valence-electron chi connectivity index (χ2n) is 5.80. The third-order valence-corrected chi connectivity index (χ3v) is 7.07. The number of sulfonamides is 1. The van der Waals surface area contributed by atoms with Crippen LogP contribution in [0.1, 0.15) is 25.7 Å². The number of fused-ring (bicyclic) bond motifs is 2. The molecule has 2 aliphatic rings. The Bertz CT molecular complexity index is 662. The molecule has 7 heteroatoms. The highest BCUT2D eigenvalue weighted by Gasteiger charge is 2.41. The lowest BCUT2D eigenvalue weighted by atomic mass is 9.96. The molecule has 0 radical (unpaired) electrons. The van der Waals surface area contributed by atoms with Gasteiger partial charge in [-0.05, 0) is 43.2 Å². The van der Waals surface area contributed by atoms with Gasteiger partial charge in [-0.1, -0.05) is 29.6 Å². The maximum atomic E-state index is 12.5. The SMILES string of the molecule is COc1ccc(S(=O)(=O)N[C@@H]2C[C@H]3CC[C@@H]2C3)c(Cl)c1Cl. The Morgan fingerprint density at radius 2 is 1.95 bits per heavy atom. The van der Waals surface area contributed by atoms with Crippen molar-refractivity contribution in [1.82, 2.24) is 4.72 Å². The molecule has 0 spiro atoms. The molecule has 2 bridgehead atoms. The number of ether oxygens (including phenoxy) is 1. The van der Waals surface area contributed by atoms with E-state index in [1.54, 1.807) is 0 Å². The van der Waals surface area contributed by atoms with Crippen LogP contribution >= 0.6 is 23.2 Å². The Kier molecular flexibility index (Phi) is 4.12. The molecule has 1 aromatic rings. The van der Waals surface area contributed by atoms with Gasteiger partial charge in [-0.3, -0.25) is 0 Å². The lowest BCUT2D eigenvalue weighted by Gasteiger charge is -2.23. The van der Waals surface area contributed by atoms with Crippen LogP contribution in [0.25, 0.3) is 0 Å². The number of hydrogen-bond acceptors (Lipinski definition) is 3. The van der Waals surface area contributed by atoms with Gasteiger partial charge in [0, 0.05) is 6.04 Å². The van der Waals surface area contributed by atoms with Gasteiger partial charge in [0.2, 0.25) is 10.0 Å². The van der Waals surface area contributed by atoms with E-state index in [1.165, 1.54) is 25.7 Å². The summed E-state index contributed by atoms with van der Waals surface area (Å²) in [6.07, 6.45) is 4.38. The van der Waals surface area contributed by atoms with Gasteiger partial charge in [-0.15, -0.1) is 0 Å². The summed E-state index contributed by atoms with van der Waals surface area (Å²) in [6, 6.07) is 2.97. The van der Waals surface area contributed by atoms with Gasteiger partial charge in [0.1, 0.15) is 15.7 Å². The van der Waals surface area contributed by atoms with Crippen molar-refractivity contribution in [2.24, 2.45) is 11.8 Å². The van der Waals surface area contributed by atoms with Crippen LogP contribution < -0.4 is 9.46 Å². The fourth-order valence-corrected chi connectivity index (χ4v) is 5.69. The van der Waals surface area contributed by atoms with Gasteiger partial charge >= 0.3 is 0 Å². The van der Waals surface area contributed by atoms with Crippen LogP contribution in [-0.2, 0) is 10.0 Å². The Morgan fingerprint density at radius 3 is 2.52 bits per heavy atom. The minimum atomic E-state index is -3.67. The molecule has 3 rings (SSSR count). The predicted octanol–water partition coefficient (Wildman–Crippen LogP) is 3.47. The third-order valence-electron chi connectivity index (χ3n) is 4.57. The van der Waals surface area contributed by atoms with E-state index in [1.807, 2.05) is 0 Å². The molecule has 4 nitrogen and oxygen atoms in total. The van der Waals surface area contributed by atoms with Crippen LogP contribution in [0.3, 0.4) is 0 Å². The number of hydrogen-bond donors (Lipinski definition) is 1. The minimum Gasteiger partial charge on any atom is -0.495 e. The summed E-state index contributed by atoms with van der Waals surface area (Å²) in [5.41, 5.74) is 0. The Balaban J connectivity index is 1.87. The lowest BCUT2D eigenvalue weighted by Crippen LogP contribution is -2.38. The van der Waals surface area contributed by atoms with Gasteiger partial charge in [-0.2, -0.15) is 0 Å². The van der Waals surface area contributed by atoms with E-state index in [-0.39, 0.29) is 21.0 Å². The van der Waals surface area contributed by atoms with Crippen molar-refractivity contribution in [1.29, 1.82) is 0 Å². The summed E-state index contributed by atoms with van der Waals surface area (Å²) >= 11 is 12.1. The molecule has 1 aromatic carbocycles. The molecule has 21 heavy (non-hydrogen) atoms. The maximum absolute atomic E-state index is 12.5. The molecule has 0 heterocycles. The van der Waals surface area contributed by atoms with Crippen LogP contribution in [-0.4, -0.2) is 21.6 Å². The Morgan fingerprint density at radius 1 is 1.19 bits per heavy atom. The van der Waals surface area contributed by atoms with E-state index in [0.717, 1.165) is 19.3 Å². The van der Waals surface area contributed by atoms with Crippen molar-refractivity contribution in [3.63, 3.8) is 0 Å². The first-order valence-electron chi connectivity index (χ1n) is 6.96. The number of methoxy groups -OCH3 is 1. The molecule has 3 atom stereocenters. The maximum Gasteiger partial charge on any atom is 0.242 e. The van der Waals surface area contributed by atoms with Gasteiger partial charge in [0.25, 0.3) is 0 Å². The molecule has 0 amide bonds. The standard InChI is InChI=1S/C14H17Cl2NO3S/c1-20-11-4-5-12(14(16)13(11)15)21(18,19)17-10-7-8-2-3-9(10)6-8/h4-5,8-10,17H,2-3,6-7H2,1H3/t8-,9+,10+/m0/s1. The minimum absolute atomic E-state index is 0.00618. The summed E-state index contributed by atoms with van der Waals surface area (Å²) in [6.45, 7) is 0. The van der Waals surface area contributed by atoms with Crippen LogP contribution in [0.5, 0.6) is 5.75 Å². The molecule has 2 saturated carbocycles. The summed E-state index contributed by atoms with van der Waals surface area (Å²) in [5, 5.41) is 0.127. The quantitative estimate of drug-likeness (QED) is 0.905. The largest absolute Gasteiger partial charge is 0.495 e. The van der Waals surface area contributed by atoms with Crippen LogP contribution in [0.4, 0.5) is 0 Å². The van der Waals surface area contributed by atoms with E-state index >= 15 is 0 Å². The summed E-state index contributed by atoms with van der Waals surface area (Å²) < 4.78 is 32.9. The fourth-order valence-electron chi connectivity index (χ4n) is 3.53. The summed E-state index contributed by atoms with van der Waals surface area (Å²) in [7, 11) is -2.21. The summed E-state index contributed by atoms with van der Waals surface area (Å²) in [5.74, 6) is 1.48. The molecule has 2 fully saturated rings. The van der Waals surface area contributed by atoms with Crippen LogP contribution in [0.15, 0.2) is 17.0 Å². The van der Waals surface area contributed by atoms with Crippen molar-refractivity contribution >= 4 is 33.2 Å². The number of nitrogens with one attached hydrogen (secondary N) is 1. The van der Waals surface area contributed by atoms with E-state index in [4.69, 9.17) is 27.9 Å². The first-order chi connectivity index (χ1) is 9.92. The number of halogens is 2. The van der Waals surface area contributed by atoms with Gasteiger partial charge in [0.15, 0.2) is 0 Å². The average Bonchev–Trinajstić information content (AvgIpc) is 3.03. The van der Waals surface area contributed by atoms with E-state index in [9.17, 15) is 8.42 Å².